The molecular formula is C14H12N2O5. The van der Waals surface area contributed by atoms with Gasteiger partial charge in [0.05, 0.1) is 18.5 Å². The number of nitro groups is 1. The summed E-state index contributed by atoms with van der Waals surface area (Å²) in [7, 11) is 1.32. The molecule has 1 aromatic heterocycles. The quantitative estimate of drug-likeness (QED) is 0.477. The number of ether oxygens (including phenoxy) is 2. The number of hydrogen-bond acceptors (Lipinski definition) is 6. The highest BCUT2D eigenvalue weighted by Gasteiger charge is 2.16. The number of pyridine rings is 1. The van der Waals surface area contributed by atoms with Crippen molar-refractivity contribution in [1.29, 1.82) is 0 Å². The monoisotopic (exact) mass is 288 g/mol. The molecule has 0 aliphatic carbocycles. The van der Waals surface area contributed by atoms with E-state index in [1.54, 1.807) is 24.3 Å². The van der Waals surface area contributed by atoms with Crippen LogP contribution in [-0.2, 0) is 16.0 Å². The van der Waals surface area contributed by atoms with Gasteiger partial charge in [-0.1, -0.05) is 12.1 Å². The number of carbonyl (C=O) groups excluding carboxylic acids is 1. The molecule has 2 aromatic rings. The number of hydrogen-bond donors (Lipinski definition) is 0. The average molecular weight is 288 g/mol. The van der Waals surface area contributed by atoms with Gasteiger partial charge in [-0.3, -0.25) is 14.9 Å². The van der Waals surface area contributed by atoms with Gasteiger partial charge in [0.2, 0.25) is 0 Å². The molecule has 0 amide bonds. The molecule has 1 aromatic carbocycles. The Hall–Kier alpha value is -2.96. The first-order valence-corrected chi connectivity index (χ1v) is 6.03. The molecule has 0 saturated carbocycles. The number of rotatable bonds is 5. The summed E-state index contributed by atoms with van der Waals surface area (Å²) in [6, 6.07) is 9.35. The van der Waals surface area contributed by atoms with Gasteiger partial charge in [-0.15, -0.1) is 0 Å². The molecule has 7 heteroatoms. The Kier molecular flexibility index (Phi) is 4.45. The summed E-state index contributed by atoms with van der Waals surface area (Å²) >= 11 is 0. The van der Waals surface area contributed by atoms with Crippen LogP contribution in [0, 0.1) is 10.1 Å². The molecule has 7 nitrogen and oxygen atoms in total. The van der Waals surface area contributed by atoms with Crippen LogP contribution >= 0.6 is 0 Å². The molecule has 0 saturated heterocycles. The van der Waals surface area contributed by atoms with E-state index in [1.807, 2.05) is 0 Å². The zero-order valence-corrected chi connectivity index (χ0v) is 11.2. The summed E-state index contributed by atoms with van der Waals surface area (Å²) in [6.45, 7) is 0. The van der Waals surface area contributed by atoms with Crippen molar-refractivity contribution < 1.29 is 19.2 Å². The Morgan fingerprint density at radius 3 is 2.62 bits per heavy atom. The maximum atomic E-state index is 11.1. The molecule has 21 heavy (non-hydrogen) atoms. The second-order valence-electron chi connectivity index (χ2n) is 4.08. The molecule has 2 rings (SSSR count). The molecular weight excluding hydrogens is 276 g/mol. The number of benzene rings is 1. The van der Waals surface area contributed by atoms with E-state index >= 15 is 0 Å². The standard InChI is InChI=1S/C14H12N2O5/c1-20-13(17)9-10-4-6-11(7-5-10)21-14-12(16(18)19)3-2-8-15-14/h2-8H,9H2,1H3. The number of carbonyl (C=O) groups is 1. The van der Waals surface area contributed by atoms with Crippen LogP contribution in [0.25, 0.3) is 0 Å². The van der Waals surface area contributed by atoms with Gasteiger partial charge in [-0.2, -0.15) is 0 Å². The number of methoxy groups -OCH3 is 1. The lowest BCUT2D eigenvalue weighted by Crippen LogP contribution is -2.04. The van der Waals surface area contributed by atoms with Crippen LogP contribution in [0.3, 0.4) is 0 Å². The highest BCUT2D eigenvalue weighted by molar-refractivity contribution is 5.72. The summed E-state index contributed by atoms with van der Waals surface area (Å²) < 4.78 is 9.96. The smallest absolute Gasteiger partial charge is 0.331 e. The third-order valence-electron chi connectivity index (χ3n) is 2.66. The van der Waals surface area contributed by atoms with Gasteiger partial charge in [0.1, 0.15) is 5.75 Å². The minimum atomic E-state index is -0.562. The van der Waals surface area contributed by atoms with Crippen LogP contribution in [0.1, 0.15) is 5.56 Å². The lowest BCUT2D eigenvalue weighted by Gasteiger charge is -2.06. The molecule has 108 valence electrons. The van der Waals surface area contributed by atoms with Gasteiger partial charge in [-0.25, -0.2) is 4.98 Å². The fraction of sp³-hybridized carbons (Fsp3) is 0.143. The van der Waals surface area contributed by atoms with E-state index in [0.717, 1.165) is 5.56 Å². The molecule has 0 aliphatic heterocycles. The zero-order valence-electron chi connectivity index (χ0n) is 11.2. The molecule has 0 radical (unpaired) electrons. The minimum Gasteiger partial charge on any atom is -0.469 e. The minimum absolute atomic E-state index is 0.0804. The van der Waals surface area contributed by atoms with Crippen molar-refractivity contribution in [1.82, 2.24) is 4.98 Å². The first kappa shape index (κ1) is 14.4. The Morgan fingerprint density at radius 2 is 2.00 bits per heavy atom. The lowest BCUT2D eigenvalue weighted by atomic mass is 10.1. The van der Waals surface area contributed by atoms with Gasteiger partial charge < -0.3 is 9.47 Å². The Morgan fingerprint density at radius 1 is 1.29 bits per heavy atom. The lowest BCUT2D eigenvalue weighted by molar-refractivity contribution is -0.386. The second kappa shape index (κ2) is 6.47. The van der Waals surface area contributed by atoms with Crippen molar-refractivity contribution in [3.63, 3.8) is 0 Å². The van der Waals surface area contributed by atoms with Crippen LogP contribution in [0.4, 0.5) is 5.69 Å². The first-order valence-electron chi connectivity index (χ1n) is 6.03. The average Bonchev–Trinajstić information content (AvgIpc) is 2.49. The van der Waals surface area contributed by atoms with E-state index in [1.165, 1.54) is 25.4 Å². The van der Waals surface area contributed by atoms with E-state index in [9.17, 15) is 14.9 Å². The Labute approximate surface area is 120 Å². The van der Waals surface area contributed by atoms with E-state index in [-0.39, 0.29) is 24.0 Å². The summed E-state index contributed by atoms with van der Waals surface area (Å²) in [6.07, 6.45) is 1.56. The number of esters is 1. The maximum Gasteiger partial charge on any atom is 0.331 e. The fourth-order valence-electron chi connectivity index (χ4n) is 1.63. The molecule has 0 fully saturated rings. The van der Waals surface area contributed by atoms with Crippen LogP contribution in [-0.4, -0.2) is 23.0 Å². The van der Waals surface area contributed by atoms with Crippen molar-refractivity contribution in [3.8, 4) is 11.6 Å². The number of nitrogens with zero attached hydrogens (tertiary/aromatic N) is 2. The van der Waals surface area contributed by atoms with Crippen LogP contribution in [0.2, 0.25) is 0 Å². The van der Waals surface area contributed by atoms with Crippen LogP contribution < -0.4 is 4.74 Å². The highest BCUT2D eigenvalue weighted by atomic mass is 16.6. The summed E-state index contributed by atoms with van der Waals surface area (Å²) in [5.74, 6) is -0.0299. The third kappa shape index (κ3) is 3.75. The number of aromatic nitrogens is 1. The van der Waals surface area contributed by atoms with Crippen molar-refractivity contribution in [2.24, 2.45) is 0 Å². The van der Waals surface area contributed by atoms with Gasteiger partial charge in [-0.05, 0) is 23.8 Å². The van der Waals surface area contributed by atoms with Crippen molar-refractivity contribution in [2.75, 3.05) is 7.11 Å². The molecule has 0 aliphatic rings. The highest BCUT2D eigenvalue weighted by Crippen LogP contribution is 2.28. The van der Waals surface area contributed by atoms with E-state index in [0.29, 0.717) is 5.75 Å². The summed E-state index contributed by atoms with van der Waals surface area (Å²) in [5.41, 5.74) is 0.542. The second-order valence-corrected chi connectivity index (χ2v) is 4.08. The summed E-state index contributed by atoms with van der Waals surface area (Å²) in [5, 5.41) is 10.9. The normalized spacial score (nSPS) is 9.95. The van der Waals surface area contributed by atoms with Gasteiger partial charge in [0, 0.05) is 12.3 Å². The first-order chi connectivity index (χ1) is 10.1. The summed E-state index contributed by atoms with van der Waals surface area (Å²) in [4.78, 5) is 25.3. The van der Waals surface area contributed by atoms with Gasteiger partial charge >= 0.3 is 11.7 Å². The Balaban J connectivity index is 2.14. The molecule has 0 unspecified atom stereocenters. The van der Waals surface area contributed by atoms with E-state index in [2.05, 4.69) is 9.72 Å². The maximum absolute atomic E-state index is 11.1. The predicted molar refractivity (Wildman–Crippen MR) is 73.1 cm³/mol. The molecule has 1 heterocycles. The van der Waals surface area contributed by atoms with E-state index < -0.39 is 4.92 Å². The largest absolute Gasteiger partial charge is 0.469 e. The van der Waals surface area contributed by atoms with Crippen LogP contribution in [0.5, 0.6) is 11.6 Å². The Bertz CT molecular complexity index is 655. The molecule has 0 spiro atoms. The predicted octanol–water partition coefficient (Wildman–Crippen LogP) is 2.50. The van der Waals surface area contributed by atoms with Crippen molar-refractivity contribution in [2.45, 2.75) is 6.42 Å². The molecule has 0 atom stereocenters. The van der Waals surface area contributed by atoms with Gasteiger partial charge in [0.15, 0.2) is 0 Å². The van der Waals surface area contributed by atoms with Gasteiger partial charge in [0.25, 0.3) is 5.88 Å². The molecule has 0 N–H and O–H groups in total. The third-order valence-corrected chi connectivity index (χ3v) is 2.66. The zero-order chi connectivity index (χ0) is 15.2. The fourth-order valence-corrected chi connectivity index (χ4v) is 1.63. The van der Waals surface area contributed by atoms with Crippen molar-refractivity contribution in [3.05, 3.63) is 58.3 Å². The van der Waals surface area contributed by atoms with E-state index in [4.69, 9.17) is 4.74 Å². The topological polar surface area (TPSA) is 91.6 Å². The molecule has 0 bridgehead atoms. The SMILES string of the molecule is COC(=O)Cc1ccc(Oc2ncccc2[N+](=O)[O-])cc1. The van der Waals surface area contributed by atoms with Crippen molar-refractivity contribution >= 4 is 11.7 Å². The van der Waals surface area contributed by atoms with Crippen LogP contribution in [0.15, 0.2) is 42.6 Å².